The van der Waals surface area contributed by atoms with Crippen LogP contribution in [-0.4, -0.2) is 54.9 Å². The zero-order chi connectivity index (χ0) is 25.8. The van der Waals surface area contributed by atoms with Crippen LogP contribution in [0.15, 0.2) is 12.1 Å². The minimum Gasteiger partial charge on any atom is -0.493 e. The average molecular weight is 524 g/mol. The molecule has 1 atom stereocenters. The van der Waals surface area contributed by atoms with E-state index in [1.807, 2.05) is 0 Å². The van der Waals surface area contributed by atoms with Crippen LogP contribution in [0.5, 0.6) is 11.5 Å². The lowest BCUT2D eigenvalue weighted by molar-refractivity contribution is -0.124. The summed E-state index contributed by atoms with van der Waals surface area (Å²) in [5.41, 5.74) is 3.73. The highest BCUT2D eigenvalue weighted by Gasteiger charge is 2.31. The molecule has 2 aromatic rings. The number of methoxy groups -OCH3 is 1. The number of rotatable bonds is 11. The summed E-state index contributed by atoms with van der Waals surface area (Å²) in [5.74, 6) is 0.253. The molecule has 0 saturated heterocycles. The van der Waals surface area contributed by atoms with E-state index in [2.05, 4.69) is 26.1 Å². The van der Waals surface area contributed by atoms with Crippen molar-refractivity contribution >= 4 is 34.6 Å². The quantitative estimate of drug-likeness (QED) is 0.386. The summed E-state index contributed by atoms with van der Waals surface area (Å²) in [6, 6.07) is 3.52. The van der Waals surface area contributed by atoms with Crippen molar-refractivity contribution in [2.45, 2.75) is 59.0 Å². The van der Waals surface area contributed by atoms with Crippen LogP contribution in [0.3, 0.4) is 0 Å². The largest absolute Gasteiger partial charge is 0.493 e. The maximum Gasteiger partial charge on any atom is 0.245 e. The molecule has 0 spiro atoms. The van der Waals surface area contributed by atoms with Gasteiger partial charge in [0.05, 0.1) is 17.0 Å². The van der Waals surface area contributed by atoms with E-state index >= 15 is 0 Å². The predicted octanol–water partition coefficient (Wildman–Crippen LogP) is 3.90. The highest BCUT2D eigenvalue weighted by atomic mass is 35.5. The van der Waals surface area contributed by atoms with Crippen LogP contribution in [0.25, 0.3) is 0 Å². The van der Waals surface area contributed by atoms with Crippen molar-refractivity contribution in [1.82, 2.24) is 5.32 Å². The lowest BCUT2D eigenvalue weighted by Gasteiger charge is -2.30. The highest BCUT2D eigenvalue weighted by molar-refractivity contribution is 7.14. The number of aliphatic hydroxyl groups is 2. The monoisotopic (exact) mass is 523 g/mol. The fraction of sp³-hybridized carbons (Fsp3) is 0.538. The Balaban J connectivity index is 1.64. The molecule has 1 aliphatic carbocycles. The van der Waals surface area contributed by atoms with Gasteiger partial charge in [-0.25, -0.2) is 0 Å². The first-order valence-corrected chi connectivity index (χ1v) is 12.9. The van der Waals surface area contributed by atoms with E-state index in [1.165, 1.54) is 23.1 Å². The number of nitrogens with one attached hydrogen (secondary N) is 1. The van der Waals surface area contributed by atoms with Crippen molar-refractivity contribution in [2.75, 3.05) is 26.9 Å². The molecule has 0 fully saturated rings. The van der Waals surface area contributed by atoms with Gasteiger partial charge in [-0.1, -0.05) is 25.4 Å². The Morgan fingerprint density at radius 2 is 2.03 bits per heavy atom. The van der Waals surface area contributed by atoms with Gasteiger partial charge in [0.1, 0.15) is 19.3 Å². The number of aliphatic hydroxyl groups excluding tert-OH is 2. The first-order chi connectivity index (χ1) is 16.5. The Kier molecular flexibility index (Phi) is 9.21. The summed E-state index contributed by atoms with van der Waals surface area (Å²) >= 11 is 8.05. The van der Waals surface area contributed by atoms with Crippen molar-refractivity contribution in [2.24, 2.45) is 5.41 Å². The fourth-order valence-electron chi connectivity index (χ4n) is 4.33. The Bertz CT molecular complexity index is 1080. The number of amides is 1. The third kappa shape index (κ3) is 6.97. The van der Waals surface area contributed by atoms with Crippen molar-refractivity contribution in [3.8, 4) is 11.5 Å². The lowest BCUT2D eigenvalue weighted by atomic mass is 9.74. The first-order valence-electron chi connectivity index (χ1n) is 11.7. The molecule has 0 saturated carbocycles. The van der Waals surface area contributed by atoms with Gasteiger partial charge in [0.25, 0.3) is 0 Å². The summed E-state index contributed by atoms with van der Waals surface area (Å²) in [6.45, 7) is 5.85. The molecule has 0 aliphatic heterocycles. The van der Waals surface area contributed by atoms with Gasteiger partial charge in [-0.15, -0.1) is 11.3 Å². The number of Topliss-reactive ketones (excluding diaryl/α,β-unsaturated/α-hetero) is 1. The van der Waals surface area contributed by atoms with E-state index in [-0.39, 0.29) is 30.1 Å². The van der Waals surface area contributed by atoms with Crippen LogP contribution >= 0.6 is 22.9 Å². The summed E-state index contributed by atoms with van der Waals surface area (Å²) in [6.07, 6.45) is 2.96. The number of ketones is 1. The van der Waals surface area contributed by atoms with Crippen LogP contribution in [0, 0.1) is 12.3 Å². The van der Waals surface area contributed by atoms with Gasteiger partial charge in [-0.3, -0.25) is 9.59 Å². The van der Waals surface area contributed by atoms with E-state index in [1.54, 1.807) is 23.5 Å². The summed E-state index contributed by atoms with van der Waals surface area (Å²) in [5, 5.41) is 21.4. The van der Waals surface area contributed by atoms with Crippen molar-refractivity contribution < 1.29 is 29.3 Å². The average Bonchev–Trinajstić information content (AvgIpc) is 3.14. The molecule has 9 heteroatoms. The molecule has 7 nitrogen and oxygen atoms in total. The van der Waals surface area contributed by atoms with E-state index < -0.39 is 18.6 Å². The van der Waals surface area contributed by atoms with Crippen LogP contribution in [0.2, 0.25) is 5.02 Å². The molecule has 1 aliphatic rings. The van der Waals surface area contributed by atoms with Crippen molar-refractivity contribution in [1.29, 1.82) is 0 Å². The third-order valence-electron chi connectivity index (χ3n) is 6.31. The van der Waals surface area contributed by atoms with Gasteiger partial charge in [0.15, 0.2) is 17.3 Å². The van der Waals surface area contributed by atoms with Crippen LogP contribution in [0.1, 0.15) is 57.9 Å². The number of halogens is 1. The van der Waals surface area contributed by atoms with Gasteiger partial charge in [-0.05, 0) is 66.8 Å². The number of hydrogen-bond donors (Lipinski definition) is 3. The van der Waals surface area contributed by atoms with Crippen LogP contribution < -0.4 is 14.8 Å². The van der Waals surface area contributed by atoms with Crippen LogP contribution in [-0.2, 0) is 24.1 Å². The molecule has 1 amide bonds. The molecule has 1 heterocycles. The Morgan fingerprint density at radius 3 is 2.71 bits per heavy atom. The summed E-state index contributed by atoms with van der Waals surface area (Å²) in [4.78, 5) is 26.4. The Morgan fingerprint density at radius 1 is 1.29 bits per heavy atom. The molecule has 0 bridgehead atoms. The maximum atomic E-state index is 13.1. The SMILES string of the molecule is COc1cc(CCC(=O)c2sc(C)c3c2CCC(C)(C)C3)cc(Cl)c1OCC(O)CNC(=O)CO. The summed E-state index contributed by atoms with van der Waals surface area (Å²) < 4.78 is 11.1. The molecule has 3 rings (SSSR count). The fourth-order valence-corrected chi connectivity index (χ4v) is 5.81. The smallest absolute Gasteiger partial charge is 0.245 e. The second kappa shape index (κ2) is 11.7. The number of hydrogen-bond acceptors (Lipinski definition) is 7. The molecule has 192 valence electrons. The van der Waals surface area contributed by atoms with Gasteiger partial charge in [-0.2, -0.15) is 0 Å². The minimum absolute atomic E-state index is 0.0666. The Hall–Kier alpha value is -2.13. The topological polar surface area (TPSA) is 105 Å². The predicted molar refractivity (Wildman–Crippen MR) is 137 cm³/mol. The highest BCUT2D eigenvalue weighted by Crippen LogP contribution is 2.42. The normalized spacial score (nSPS) is 15.3. The molecular weight excluding hydrogens is 490 g/mol. The zero-order valence-corrected chi connectivity index (χ0v) is 22.3. The van der Waals surface area contributed by atoms with E-state index in [0.29, 0.717) is 23.6 Å². The van der Waals surface area contributed by atoms with Gasteiger partial charge >= 0.3 is 0 Å². The number of aryl methyl sites for hydroxylation is 2. The molecule has 1 aromatic carbocycles. The molecular formula is C26H34ClNO6S. The van der Waals surface area contributed by atoms with E-state index in [4.69, 9.17) is 26.2 Å². The number of fused-ring (bicyclic) bond motifs is 1. The second-order valence-electron chi connectivity index (χ2n) is 9.74. The standard InChI is InChI=1S/C26H34ClNO6S/c1-15-19-11-26(2,3)8-7-18(19)25(35-15)21(31)6-5-16-9-20(27)24(22(10-16)33-4)34-14-17(30)12-28-23(32)13-29/h9-10,17,29-30H,5-8,11-14H2,1-4H3,(H,28,32). The lowest BCUT2D eigenvalue weighted by Crippen LogP contribution is -2.36. The van der Waals surface area contributed by atoms with Gasteiger partial charge in [0.2, 0.25) is 5.91 Å². The second-order valence-corrected chi connectivity index (χ2v) is 11.4. The van der Waals surface area contributed by atoms with Crippen molar-refractivity contribution in [3.05, 3.63) is 43.6 Å². The number of thiophene rings is 1. The third-order valence-corrected chi connectivity index (χ3v) is 7.82. The first kappa shape index (κ1) is 27.5. The zero-order valence-electron chi connectivity index (χ0n) is 20.7. The number of benzene rings is 1. The number of carbonyl (C=O) groups excluding carboxylic acids is 2. The molecule has 1 unspecified atom stereocenters. The summed E-state index contributed by atoms with van der Waals surface area (Å²) in [7, 11) is 1.49. The number of carbonyl (C=O) groups is 2. The Labute approximate surface area is 215 Å². The molecule has 35 heavy (non-hydrogen) atoms. The molecule has 3 N–H and O–H groups in total. The minimum atomic E-state index is -0.991. The van der Waals surface area contributed by atoms with E-state index in [0.717, 1.165) is 29.7 Å². The van der Waals surface area contributed by atoms with Crippen LogP contribution in [0.4, 0.5) is 0 Å². The molecule has 1 aromatic heterocycles. The van der Waals surface area contributed by atoms with E-state index in [9.17, 15) is 14.7 Å². The molecule has 0 radical (unpaired) electrons. The van der Waals surface area contributed by atoms with Gasteiger partial charge < -0.3 is 25.0 Å². The number of ether oxygens (including phenoxy) is 2. The van der Waals surface area contributed by atoms with Gasteiger partial charge in [0, 0.05) is 17.8 Å². The van der Waals surface area contributed by atoms with Crippen molar-refractivity contribution in [3.63, 3.8) is 0 Å². The maximum absolute atomic E-state index is 13.1.